The van der Waals surface area contributed by atoms with Crippen LogP contribution in [0.3, 0.4) is 0 Å². The maximum absolute atomic E-state index is 14.1. The van der Waals surface area contributed by atoms with Crippen LogP contribution in [0.2, 0.25) is 0 Å². The maximum atomic E-state index is 14.1. The van der Waals surface area contributed by atoms with Gasteiger partial charge in [0.2, 0.25) is 0 Å². The number of halogens is 3. The minimum atomic E-state index is -1.20. The average Bonchev–Trinajstić information content (AvgIpc) is 2.92. The van der Waals surface area contributed by atoms with Gasteiger partial charge in [0.25, 0.3) is 11.5 Å². The number of nitrogens with one attached hydrogen (secondary N) is 1. The number of hydrogen-bond acceptors (Lipinski definition) is 6. The predicted molar refractivity (Wildman–Crippen MR) is 135 cm³/mol. The molecular weight excluding hydrogens is 517 g/mol. The van der Waals surface area contributed by atoms with Gasteiger partial charge in [-0.25, -0.2) is 27.5 Å². The number of aromatic nitrogens is 3. The number of nitrogens with zero attached hydrogens (tertiary/aromatic N) is 3. The van der Waals surface area contributed by atoms with Crippen molar-refractivity contribution in [2.45, 2.75) is 37.8 Å². The predicted octanol–water partition coefficient (Wildman–Crippen LogP) is 3.59. The Labute approximate surface area is 219 Å². The molecule has 2 N–H and O–H groups in total. The SMILES string of the molecule is COc1cccc(C(=O)N[C@H]2CC[C@@H](n3c(=O)c4cc(F)cnc4n(-c4ccc(F)c(F)c4)c3=O)CC2)c1O. The summed E-state index contributed by atoms with van der Waals surface area (Å²) in [6.07, 6.45) is 2.26. The van der Waals surface area contributed by atoms with Crippen LogP contribution in [0.4, 0.5) is 13.2 Å². The lowest BCUT2D eigenvalue weighted by atomic mass is 9.90. The van der Waals surface area contributed by atoms with Gasteiger partial charge in [-0.05, 0) is 56.0 Å². The summed E-state index contributed by atoms with van der Waals surface area (Å²) < 4.78 is 48.7. The topological polar surface area (TPSA) is 115 Å². The Hall–Kier alpha value is -4.61. The molecule has 0 saturated heterocycles. The molecule has 1 amide bonds. The summed E-state index contributed by atoms with van der Waals surface area (Å²) in [6.45, 7) is 0. The molecular formula is C27H23F3N4O5. The van der Waals surface area contributed by atoms with Gasteiger partial charge in [-0.2, -0.15) is 0 Å². The van der Waals surface area contributed by atoms with Gasteiger partial charge in [-0.3, -0.25) is 14.2 Å². The van der Waals surface area contributed by atoms with Crippen molar-refractivity contribution in [1.29, 1.82) is 0 Å². The van der Waals surface area contributed by atoms with Crippen LogP contribution in [0.15, 0.2) is 58.3 Å². The van der Waals surface area contributed by atoms with E-state index in [1.165, 1.54) is 25.3 Å². The fraction of sp³-hybridized carbons (Fsp3) is 0.259. The summed E-state index contributed by atoms with van der Waals surface area (Å²) in [5.41, 5.74) is -1.80. The summed E-state index contributed by atoms with van der Waals surface area (Å²) in [5.74, 6) is -3.75. The van der Waals surface area contributed by atoms with Crippen LogP contribution >= 0.6 is 0 Å². The van der Waals surface area contributed by atoms with Gasteiger partial charge < -0.3 is 15.2 Å². The average molecular weight is 540 g/mol. The number of para-hydroxylation sites is 1. The van der Waals surface area contributed by atoms with Gasteiger partial charge in [-0.15, -0.1) is 0 Å². The van der Waals surface area contributed by atoms with Crippen LogP contribution in [0, 0.1) is 17.5 Å². The van der Waals surface area contributed by atoms with Crippen molar-refractivity contribution < 1.29 is 27.8 Å². The second-order valence-corrected chi connectivity index (χ2v) is 9.25. The summed E-state index contributed by atoms with van der Waals surface area (Å²) in [4.78, 5) is 43.6. The normalized spacial score (nSPS) is 17.2. The lowest BCUT2D eigenvalue weighted by Gasteiger charge is -2.30. The van der Waals surface area contributed by atoms with Crippen molar-refractivity contribution >= 4 is 16.9 Å². The Balaban J connectivity index is 1.46. The highest BCUT2D eigenvalue weighted by Gasteiger charge is 2.29. The van der Waals surface area contributed by atoms with Gasteiger partial charge in [0.1, 0.15) is 5.82 Å². The quantitative estimate of drug-likeness (QED) is 0.400. The molecule has 0 radical (unpaired) electrons. The van der Waals surface area contributed by atoms with Crippen molar-refractivity contribution in [3.05, 3.63) is 92.5 Å². The molecule has 0 atom stereocenters. The van der Waals surface area contributed by atoms with Gasteiger partial charge >= 0.3 is 5.69 Å². The summed E-state index contributed by atoms with van der Waals surface area (Å²) in [6, 6.07) is 7.41. The molecule has 12 heteroatoms. The summed E-state index contributed by atoms with van der Waals surface area (Å²) in [7, 11) is 1.37. The van der Waals surface area contributed by atoms with E-state index in [0.29, 0.717) is 25.7 Å². The van der Waals surface area contributed by atoms with Crippen LogP contribution in [-0.2, 0) is 0 Å². The van der Waals surface area contributed by atoms with Crippen molar-refractivity contribution in [3.63, 3.8) is 0 Å². The summed E-state index contributed by atoms with van der Waals surface area (Å²) in [5, 5.41) is 12.9. The number of hydrogen-bond donors (Lipinski definition) is 2. The number of carbonyl (C=O) groups excluding carboxylic acids is 1. The van der Waals surface area contributed by atoms with Crippen LogP contribution < -0.4 is 21.3 Å². The van der Waals surface area contributed by atoms with E-state index in [4.69, 9.17) is 4.74 Å². The van der Waals surface area contributed by atoms with E-state index in [9.17, 15) is 32.7 Å². The molecule has 2 heterocycles. The third-order valence-electron chi connectivity index (χ3n) is 6.91. The molecule has 2 aromatic carbocycles. The van der Waals surface area contributed by atoms with E-state index in [1.54, 1.807) is 6.07 Å². The minimum absolute atomic E-state index is 0.0474. The van der Waals surface area contributed by atoms with Crippen LogP contribution in [0.1, 0.15) is 42.1 Å². The van der Waals surface area contributed by atoms with E-state index in [2.05, 4.69) is 10.3 Å². The highest BCUT2D eigenvalue weighted by molar-refractivity contribution is 5.97. The van der Waals surface area contributed by atoms with Gasteiger partial charge in [0.15, 0.2) is 28.8 Å². The molecule has 0 aliphatic heterocycles. The van der Waals surface area contributed by atoms with Crippen LogP contribution in [0.5, 0.6) is 11.5 Å². The van der Waals surface area contributed by atoms with Crippen LogP contribution in [0.25, 0.3) is 16.7 Å². The fourth-order valence-corrected chi connectivity index (χ4v) is 4.97. The number of rotatable bonds is 5. The highest BCUT2D eigenvalue weighted by atomic mass is 19.2. The molecule has 0 unspecified atom stereocenters. The first-order chi connectivity index (χ1) is 18.7. The van der Waals surface area contributed by atoms with Crippen molar-refractivity contribution in [3.8, 4) is 17.2 Å². The minimum Gasteiger partial charge on any atom is -0.504 e. The number of pyridine rings is 1. The van der Waals surface area contributed by atoms with E-state index in [0.717, 1.165) is 33.5 Å². The number of methoxy groups -OCH3 is 1. The largest absolute Gasteiger partial charge is 0.504 e. The lowest BCUT2D eigenvalue weighted by molar-refractivity contribution is 0.0918. The van der Waals surface area contributed by atoms with E-state index in [-0.39, 0.29) is 39.8 Å². The lowest BCUT2D eigenvalue weighted by Crippen LogP contribution is -2.45. The molecule has 202 valence electrons. The smallest absolute Gasteiger partial charge is 0.337 e. The summed E-state index contributed by atoms with van der Waals surface area (Å²) >= 11 is 0. The van der Waals surface area contributed by atoms with Crippen molar-refractivity contribution in [2.24, 2.45) is 0 Å². The molecule has 39 heavy (non-hydrogen) atoms. The van der Waals surface area contributed by atoms with Crippen molar-refractivity contribution in [2.75, 3.05) is 7.11 Å². The number of carbonyl (C=O) groups is 1. The zero-order chi connectivity index (χ0) is 27.8. The molecule has 1 aliphatic carbocycles. The maximum Gasteiger partial charge on any atom is 0.337 e. The Kier molecular flexibility index (Phi) is 6.85. The van der Waals surface area contributed by atoms with Gasteiger partial charge in [0, 0.05) is 18.2 Å². The molecule has 5 rings (SSSR count). The first kappa shape index (κ1) is 26.0. The Bertz CT molecular complexity index is 1710. The number of phenolic OH excluding ortho intramolecular Hbond substituents is 1. The second kappa shape index (κ2) is 10.3. The number of fused-ring (bicyclic) bond motifs is 1. The standard InChI is InChI=1S/C27H23F3N4O5/c1-39-22-4-2-3-18(23(22)35)25(36)32-15-5-7-16(8-6-15)34-26(37)19-11-14(28)13-31-24(19)33(27(34)38)17-9-10-20(29)21(30)12-17/h2-4,9-13,15-16,35H,5-8H2,1H3,(H,32,36)/t15-,16+. The zero-order valence-electron chi connectivity index (χ0n) is 20.7. The van der Waals surface area contributed by atoms with Gasteiger partial charge in [-0.1, -0.05) is 6.07 Å². The second-order valence-electron chi connectivity index (χ2n) is 9.25. The van der Waals surface area contributed by atoms with E-state index >= 15 is 0 Å². The highest BCUT2D eigenvalue weighted by Crippen LogP contribution is 2.31. The monoisotopic (exact) mass is 540 g/mol. The molecule has 0 spiro atoms. The first-order valence-electron chi connectivity index (χ1n) is 12.1. The molecule has 1 fully saturated rings. The Morgan fingerprint density at radius 3 is 2.49 bits per heavy atom. The molecule has 1 aliphatic rings. The Morgan fingerprint density at radius 2 is 1.79 bits per heavy atom. The van der Waals surface area contributed by atoms with Gasteiger partial charge in [0.05, 0.1) is 29.9 Å². The number of amides is 1. The molecule has 0 bridgehead atoms. The van der Waals surface area contributed by atoms with Crippen LogP contribution in [-0.4, -0.2) is 38.3 Å². The number of ether oxygens (including phenoxy) is 1. The van der Waals surface area contributed by atoms with E-state index in [1.807, 2.05) is 0 Å². The molecule has 2 aromatic heterocycles. The number of benzene rings is 2. The molecule has 1 saturated carbocycles. The Morgan fingerprint density at radius 1 is 1.05 bits per heavy atom. The molecule has 4 aromatic rings. The number of aromatic hydroxyl groups is 1. The van der Waals surface area contributed by atoms with Crippen molar-refractivity contribution in [1.82, 2.24) is 19.4 Å². The zero-order valence-corrected chi connectivity index (χ0v) is 20.7. The van der Waals surface area contributed by atoms with E-state index < -0.39 is 40.6 Å². The third kappa shape index (κ3) is 4.73. The third-order valence-corrected chi connectivity index (χ3v) is 6.91. The first-order valence-corrected chi connectivity index (χ1v) is 12.1. The fourth-order valence-electron chi connectivity index (χ4n) is 4.97. The number of phenols is 1. The molecule has 9 nitrogen and oxygen atoms in total.